The number of nitrogens with one attached hydrogen (secondary N) is 1. The Balaban J connectivity index is 1.19. The molecule has 0 unspecified atom stereocenters. The van der Waals surface area contributed by atoms with Gasteiger partial charge in [-0.1, -0.05) is 18.2 Å². The summed E-state index contributed by atoms with van der Waals surface area (Å²) in [6.45, 7) is 9.92. The third-order valence-corrected chi connectivity index (χ3v) is 5.87. The maximum absolute atomic E-state index is 12.3. The highest BCUT2D eigenvalue weighted by Crippen LogP contribution is 2.32. The van der Waals surface area contributed by atoms with Crippen molar-refractivity contribution in [3.05, 3.63) is 53.1 Å². The largest absolute Gasteiger partial charge is 0.454 e. The van der Waals surface area contributed by atoms with Gasteiger partial charge in [0.1, 0.15) is 0 Å². The van der Waals surface area contributed by atoms with Crippen LogP contribution in [-0.2, 0) is 11.3 Å². The Morgan fingerprint density at radius 1 is 1.03 bits per heavy atom. The van der Waals surface area contributed by atoms with Gasteiger partial charge in [0.25, 0.3) is 0 Å². The molecule has 1 N–H and O–H groups in total. The van der Waals surface area contributed by atoms with E-state index in [2.05, 4.69) is 47.2 Å². The number of amides is 1. The van der Waals surface area contributed by atoms with Crippen LogP contribution in [0, 0.1) is 13.8 Å². The highest BCUT2D eigenvalue weighted by atomic mass is 16.7. The van der Waals surface area contributed by atoms with E-state index in [0.29, 0.717) is 13.0 Å². The van der Waals surface area contributed by atoms with E-state index in [-0.39, 0.29) is 12.7 Å². The predicted octanol–water partition coefficient (Wildman–Crippen LogP) is 2.86. The normalized spacial score (nSPS) is 16.1. The monoisotopic (exact) mass is 395 g/mol. The quantitative estimate of drug-likeness (QED) is 0.815. The first-order valence-corrected chi connectivity index (χ1v) is 10.3. The van der Waals surface area contributed by atoms with Crippen molar-refractivity contribution >= 4 is 11.6 Å². The molecule has 1 fully saturated rings. The number of ether oxygens (including phenoxy) is 2. The van der Waals surface area contributed by atoms with Gasteiger partial charge in [-0.05, 0) is 48.7 Å². The zero-order chi connectivity index (χ0) is 20.2. The lowest BCUT2D eigenvalue weighted by molar-refractivity contribution is -0.121. The molecule has 4 rings (SSSR count). The van der Waals surface area contributed by atoms with Crippen LogP contribution in [0.15, 0.2) is 36.4 Å². The molecule has 0 aromatic heterocycles. The molecule has 0 aliphatic carbocycles. The highest BCUT2D eigenvalue weighted by molar-refractivity contribution is 5.76. The number of hydrogen-bond donors (Lipinski definition) is 1. The summed E-state index contributed by atoms with van der Waals surface area (Å²) >= 11 is 0. The number of rotatable bonds is 6. The number of benzene rings is 2. The van der Waals surface area contributed by atoms with E-state index in [4.69, 9.17) is 9.47 Å². The van der Waals surface area contributed by atoms with E-state index in [1.807, 2.05) is 18.2 Å². The van der Waals surface area contributed by atoms with Crippen LogP contribution in [0.3, 0.4) is 0 Å². The fourth-order valence-electron chi connectivity index (χ4n) is 3.89. The van der Waals surface area contributed by atoms with Crippen molar-refractivity contribution in [2.75, 3.05) is 44.4 Å². The Morgan fingerprint density at radius 2 is 1.83 bits per heavy atom. The Labute approximate surface area is 172 Å². The van der Waals surface area contributed by atoms with Gasteiger partial charge in [-0.2, -0.15) is 0 Å². The lowest BCUT2D eigenvalue weighted by Gasteiger charge is -2.37. The van der Waals surface area contributed by atoms with E-state index >= 15 is 0 Å². The summed E-state index contributed by atoms with van der Waals surface area (Å²) in [5.41, 5.74) is 5.06. The summed E-state index contributed by atoms with van der Waals surface area (Å²) in [5, 5.41) is 3.01. The van der Waals surface area contributed by atoms with Crippen LogP contribution in [-0.4, -0.2) is 50.3 Å². The molecule has 2 aromatic rings. The maximum atomic E-state index is 12.3. The van der Waals surface area contributed by atoms with Crippen molar-refractivity contribution in [2.45, 2.75) is 26.8 Å². The van der Waals surface area contributed by atoms with Crippen LogP contribution in [0.25, 0.3) is 0 Å². The molecule has 0 radical (unpaired) electrons. The zero-order valence-electron chi connectivity index (χ0n) is 17.2. The van der Waals surface area contributed by atoms with Crippen molar-refractivity contribution < 1.29 is 14.3 Å². The second-order valence-electron chi connectivity index (χ2n) is 7.76. The minimum Gasteiger partial charge on any atom is -0.454 e. The summed E-state index contributed by atoms with van der Waals surface area (Å²) in [6, 6.07) is 12.3. The number of fused-ring (bicyclic) bond motifs is 1. The average molecular weight is 396 g/mol. The molecule has 0 bridgehead atoms. The number of carbonyl (C=O) groups is 1. The van der Waals surface area contributed by atoms with Crippen molar-refractivity contribution in [1.29, 1.82) is 0 Å². The molecule has 154 valence electrons. The van der Waals surface area contributed by atoms with Gasteiger partial charge in [-0.3, -0.25) is 9.69 Å². The van der Waals surface area contributed by atoms with Crippen molar-refractivity contribution in [1.82, 2.24) is 10.2 Å². The van der Waals surface area contributed by atoms with Gasteiger partial charge < -0.3 is 19.7 Å². The minimum atomic E-state index is 0.0830. The molecule has 2 aliphatic rings. The second-order valence-corrected chi connectivity index (χ2v) is 7.76. The minimum absolute atomic E-state index is 0.0830. The molecule has 6 nitrogen and oxygen atoms in total. The number of piperazine rings is 1. The van der Waals surface area contributed by atoms with Gasteiger partial charge in [0.05, 0.1) is 0 Å². The number of hydrogen-bond acceptors (Lipinski definition) is 5. The molecular weight excluding hydrogens is 366 g/mol. The van der Waals surface area contributed by atoms with E-state index in [1.165, 1.54) is 16.8 Å². The Morgan fingerprint density at radius 3 is 2.66 bits per heavy atom. The van der Waals surface area contributed by atoms with Crippen LogP contribution in [0.5, 0.6) is 11.5 Å². The molecule has 2 aromatic carbocycles. The summed E-state index contributed by atoms with van der Waals surface area (Å²) in [5.74, 6) is 1.60. The molecule has 6 heteroatoms. The Kier molecular flexibility index (Phi) is 5.90. The Hall–Kier alpha value is -2.73. The average Bonchev–Trinajstić information content (AvgIpc) is 3.21. The summed E-state index contributed by atoms with van der Waals surface area (Å²) in [6.07, 6.45) is 0.522. The van der Waals surface area contributed by atoms with Gasteiger partial charge in [-0.25, -0.2) is 0 Å². The molecule has 0 atom stereocenters. The van der Waals surface area contributed by atoms with Gasteiger partial charge in [0, 0.05) is 51.4 Å². The standard InChI is InChI=1S/C23H29N3O3/c1-17-4-3-5-20(18(17)2)26-12-10-25(11-13-26)9-8-23(27)24-15-19-6-7-21-22(14-19)29-16-28-21/h3-7,14H,8-13,15-16H2,1-2H3,(H,24,27). The van der Waals surface area contributed by atoms with Crippen LogP contribution in [0.2, 0.25) is 0 Å². The number of anilines is 1. The molecule has 1 saturated heterocycles. The lowest BCUT2D eigenvalue weighted by Crippen LogP contribution is -2.47. The van der Waals surface area contributed by atoms with Gasteiger partial charge in [-0.15, -0.1) is 0 Å². The van der Waals surface area contributed by atoms with Gasteiger partial charge >= 0.3 is 0 Å². The van der Waals surface area contributed by atoms with E-state index in [0.717, 1.165) is 49.8 Å². The maximum Gasteiger partial charge on any atom is 0.231 e. The second kappa shape index (κ2) is 8.74. The fourth-order valence-corrected chi connectivity index (χ4v) is 3.89. The first-order valence-electron chi connectivity index (χ1n) is 10.3. The smallest absolute Gasteiger partial charge is 0.231 e. The van der Waals surface area contributed by atoms with Crippen LogP contribution in [0.4, 0.5) is 5.69 Å². The van der Waals surface area contributed by atoms with Crippen molar-refractivity contribution in [2.24, 2.45) is 0 Å². The van der Waals surface area contributed by atoms with E-state index in [9.17, 15) is 4.79 Å². The van der Waals surface area contributed by atoms with Crippen molar-refractivity contribution in [3.8, 4) is 11.5 Å². The molecule has 2 aliphatic heterocycles. The summed E-state index contributed by atoms with van der Waals surface area (Å²) < 4.78 is 10.7. The summed E-state index contributed by atoms with van der Waals surface area (Å²) in [4.78, 5) is 17.1. The van der Waals surface area contributed by atoms with Gasteiger partial charge in [0.15, 0.2) is 11.5 Å². The third kappa shape index (κ3) is 4.65. The SMILES string of the molecule is Cc1cccc(N2CCN(CCC(=O)NCc3ccc4c(c3)OCO4)CC2)c1C. The van der Waals surface area contributed by atoms with Crippen LogP contribution < -0.4 is 19.7 Å². The molecular formula is C23H29N3O3. The number of carbonyl (C=O) groups excluding carboxylic acids is 1. The van der Waals surface area contributed by atoms with E-state index in [1.54, 1.807) is 0 Å². The first kappa shape index (κ1) is 19.6. The molecule has 0 saturated carbocycles. The Bertz CT molecular complexity index is 876. The molecule has 29 heavy (non-hydrogen) atoms. The van der Waals surface area contributed by atoms with Gasteiger partial charge in [0.2, 0.25) is 12.7 Å². The number of nitrogens with zero attached hydrogens (tertiary/aromatic N) is 2. The van der Waals surface area contributed by atoms with E-state index < -0.39 is 0 Å². The lowest BCUT2D eigenvalue weighted by atomic mass is 10.1. The predicted molar refractivity (Wildman–Crippen MR) is 114 cm³/mol. The summed E-state index contributed by atoms with van der Waals surface area (Å²) in [7, 11) is 0. The van der Waals surface area contributed by atoms with Crippen molar-refractivity contribution in [3.63, 3.8) is 0 Å². The molecule has 0 spiro atoms. The molecule has 2 heterocycles. The zero-order valence-corrected chi connectivity index (χ0v) is 17.2. The van der Waals surface area contributed by atoms with Crippen LogP contribution in [0.1, 0.15) is 23.1 Å². The third-order valence-electron chi connectivity index (χ3n) is 5.87. The topological polar surface area (TPSA) is 54.0 Å². The molecule has 1 amide bonds. The fraction of sp³-hybridized carbons (Fsp3) is 0.435. The number of aryl methyl sites for hydroxylation is 1. The first-order chi connectivity index (χ1) is 14.1. The van der Waals surface area contributed by atoms with Crippen LogP contribution >= 0.6 is 0 Å². The highest BCUT2D eigenvalue weighted by Gasteiger charge is 2.19.